The van der Waals surface area contributed by atoms with Crippen LogP contribution in [0.4, 0.5) is 13.6 Å². The molecule has 0 aromatic rings. The van der Waals surface area contributed by atoms with Crippen molar-refractivity contribution < 1.29 is 23.5 Å². The first-order chi connectivity index (χ1) is 9.79. The van der Waals surface area contributed by atoms with Gasteiger partial charge in [0.15, 0.2) is 0 Å². The number of carboxylic acid groups (broad SMARTS) is 1. The van der Waals surface area contributed by atoms with Gasteiger partial charge in [-0.25, -0.2) is 13.6 Å². The highest BCUT2D eigenvalue weighted by atomic mass is 19.3. The zero-order valence-corrected chi connectivity index (χ0v) is 12.1. The fourth-order valence-electron chi connectivity index (χ4n) is 3.27. The molecule has 120 valence electrons. The van der Waals surface area contributed by atoms with E-state index in [0.29, 0.717) is 25.8 Å². The van der Waals surface area contributed by atoms with Crippen molar-refractivity contribution in [2.24, 2.45) is 17.8 Å². The van der Waals surface area contributed by atoms with E-state index in [1.807, 2.05) is 6.92 Å². The van der Waals surface area contributed by atoms with Crippen LogP contribution in [0.15, 0.2) is 0 Å². The molecule has 2 N–H and O–H groups in total. The van der Waals surface area contributed by atoms with Gasteiger partial charge in [0.2, 0.25) is 0 Å². The molecular weight excluding hydrogens is 282 g/mol. The number of nitrogens with one attached hydrogen (secondary N) is 1. The Hall–Kier alpha value is -1.40. The average Bonchev–Trinajstić information content (AvgIpc) is 2.74. The fraction of sp³-hybridized carbons (Fsp3) is 0.857. The number of piperidine rings is 1. The number of carbonyl (C=O) groups is 2. The topological polar surface area (TPSA) is 69.6 Å². The summed E-state index contributed by atoms with van der Waals surface area (Å²) < 4.78 is 27.0. The van der Waals surface area contributed by atoms with E-state index in [0.717, 1.165) is 0 Å². The standard InChI is InChI=1S/C14H22F2N2O3/c1-9-5-10(12(19)20)8-18(7-9)13(21)17-6-11-3-2-4-14(11,15)16/h9-11H,2-8H2,1H3,(H,17,21)(H,19,20). The van der Waals surface area contributed by atoms with Gasteiger partial charge >= 0.3 is 12.0 Å². The van der Waals surface area contributed by atoms with Crippen LogP contribution in [0, 0.1) is 17.8 Å². The molecule has 0 spiro atoms. The molecule has 3 unspecified atom stereocenters. The number of likely N-dealkylation sites (tertiary alicyclic amines) is 1. The lowest BCUT2D eigenvalue weighted by Gasteiger charge is -2.35. The molecule has 0 bridgehead atoms. The zero-order chi connectivity index (χ0) is 15.6. The highest BCUT2D eigenvalue weighted by Crippen LogP contribution is 2.39. The molecule has 0 aromatic carbocycles. The van der Waals surface area contributed by atoms with Crippen molar-refractivity contribution >= 4 is 12.0 Å². The van der Waals surface area contributed by atoms with Crippen molar-refractivity contribution in [3.8, 4) is 0 Å². The first-order valence-electron chi connectivity index (χ1n) is 7.43. The van der Waals surface area contributed by atoms with Crippen molar-refractivity contribution in [1.82, 2.24) is 10.2 Å². The Kier molecular flexibility index (Phi) is 4.68. The third-order valence-electron chi connectivity index (χ3n) is 4.46. The third kappa shape index (κ3) is 3.83. The van der Waals surface area contributed by atoms with Crippen LogP contribution in [0.2, 0.25) is 0 Å². The molecule has 21 heavy (non-hydrogen) atoms. The molecule has 5 nitrogen and oxygen atoms in total. The largest absolute Gasteiger partial charge is 0.481 e. The number of rotatable bonds is 3. The SMILES string of the molecule is CC1CC(C(=O)O)CN(C(=O)NCC2CCCC2(F)F)C1. The molecule has 1 aliphatic heterocycles. The second-order valence-corrected chi connectivity index (χ2v) is 6.32. The lowest BCUT2D eigenvalue weighted by atomic mass is 9.91. The van der Waals surface area contributed by atoms with E-state index < -0.39 is 29.8 Å². The molecule has 3 atom stereocenters. The lowest BCUT2D eigenvalue weighted by Crippen LogP contribution is -2.50. The van der Waals surface area contributed by atoms with Gasteiger partial charge in [0, 0.05) is 32.0 Å². The molecule has 2 amide bonds. The lowest BCUT2D eigenvalue weighted by molar-refractivity contribution is -0.143. The first kappa shape index (κ1) is 16.0. The summed E-state index contributed by atoms with van der Waals surface area (Å²) >= 11 is 0. The van der Waals surface area contributed by atoms with Crippen LogP contribution in [-0.4, -0.2) is 47.6 Å². The Morgan fingerprint density at radius 2 is 2.10 bits per heavy atom. The number of halogens is 2. The number of aliphatic carboxylic acids is 1. The maximum absolute atomic E-state index is 13.5. The van der Waals surface area contributed by atoms with Crippen LogP contribution in [0.1, 0.15) is 32.6 Å². The second-order valence-electron chi connectivity index (χ2n) is 6.32. The van der Waals surface area contributed by atoms with Crippen LogP contribution in [0.5, 0.6) is 0 Å². The fourth-order valence-corrected chi connectivity index (χ4v) is 3.27. The number of urea groups is 1. The van der Waals surface area contributed by atoms with Crippen LogP contribution in [-0.2, 0) is 4.79 Å². The highest BCUT2D eigenvalue weighted by Gasteiger charge is 2.43. The maximum atomic E-state index is 13.5. The van der Waals surface area contributed by atoms with Gasteiger partial charge in [0.25, 0.3) is 5.92 Å². The van der Waals surface area contributed by atoms with E-state index in [2.05, 4.69) is 5.32 Å². The summed E-state index contributed by atoms with van der Waals surface area (Å²) in [5.74, 6) is -4.90. The Balaban J connectivity index is 1.86. The average molecular weight is 304 g/mol. The molecule has 0 radical (unpaired) electrons. The van der Waals surface area contributed by atoms with Gasteiger partial charge in [0.1, 0.15) is 0 Å². The molecule has 2 fully saturated rings. The van der Waals surface area contributed by atoms with Crippen LogP contribution < -0.4 is 5.32 Å². The normalized spacial score (nSPS) is 32.0. The minimum absolute atomic E-state index is 0.0472. The molecule has 1 saturated heterocycles. The van der Waals surface area contributed by atoms with E-state index in [9.17, 15) is 18.4 Å². The van der Waals surface area contributed by atoms with E-state index >= 15 is 0 Å². The summed E-state index contributed by atoms with van der Waals surface area (Å²) in [6.45, 7) is 2.46. The monoisotopic (exact) mass is 304 g/mol. The van der Waals surface area contributed by atoms with Gasteiger partial charge < -0.3 is 15.3 Å². The molecule has 1 heterocycles. The van der Waals surface area contributed by atoms with Crippen molar-refractivity contribution in [2.75, 3.05) is 19.6 Å². The highest BCUT2D eigenvalue weighted by molar-refractivity contribution is 5.76. The van der Waals surface area contributed by atoms with Crippen molar-refractivity contribution in [3.05, 3.63) is 0 Å². The van der Waals surface area contributed by atoms with Crippen LogP contribution in [0.25, 0.3) is 0 Å². The number of nitrogens with zero attached hydrogens (tertiary/aromatic N) is 1. The molecule has 2 aliphatic rings. The number of alkyl halides is 2. The summed E-state index contributed by atoms with van der Waals surface area (Å²) in [5.41, 5.74) is 0. The van der Waals surface area contributed by atoms with Crippen molar-refractivity contribution in [1.29, 1.82) is 0 Å². The summed E-state index contributed by atoms with van der Waals surface area (Å²) in [7, 11) is 0. The summed E-state index contributed by atoms with van der Waals surface area (Å²) in [6, 6.07) is -0.435. The second kappa shape index (κ2) is 6.15. The Labute approximate surface area is 122 Å². The Bertz CT molecular complexity index is 417. The predicted octanol–water partition coefficient (Wildman–Crippen LogP) is 2.17. The van der Waals surface area contributed by atoms with Gasteiger partial charge in [-0.2, -0.15) is 0 Å². The number of amides is 2. The first-order valence-corrected chi connectivity index (χ1v) is 7.43. The van der Waals surface area contributed by atoms with Gasteiger partial charge in [0.05, 0.1) is 5.92 Å². The minimum atomic E-state index is -2.70. The molecule has 7 heteroatoms. The molecule has 0 aromatic heterocycles. The summed E-state index contributed by atoms with van der Waals surface area (Å²) in [4.78, 5) is 24.5. The molecule has 1 aliphatic carbocycles. The zero-order valence-electron chi connectivity index (χ0n) is 12.1. The van der Waals surface area contributed by atoms with Crippen molar-refractivity contribution in [3.63, 3.8) is 0 Å². The van der Waals surface area contributed by atoms with Crippen LogP contribution >= 0.6 is 0 Å². The van der Waals surface area contributed by atoms with E-state index in [-0.39, 0.29) is 25.4 Å². The van der Waals surface area contributed by atoms with E-state index in [4.69, 9.17) is 5.11 Å². The van der Waals surface area contributed by atoms with Crippen LogP contribution in [0.3, 0.4) is 0 Å². The molecule has 2 rings (SSSR count). The number of hydrogen-bond acceptors (Lipinski definition) is 2. The third-order valence-corrected chi connectivity index (χ3v) is 4.46. The van der Waals surface area contributed by atoms with Gasteiger partial charge in [-0.3, -0.25) is 4.79 Å². The van der Waals surface area contributed by atoms with Gasteiger partial charge in [-0.05, 0) is 25.2 Å². The number of hydrogen-bond donors (Lipinski definition) is 2. The molecule has 1 saturated carbocycles. The summed E-state index contributed by atoms with van der Waals surface area (Å²) in [6.07, 6.45) is 1.33. The number of carbonyl (C=O) groups excluding carboxylic acids is 1. The predicted molar refractivity (Wildman–Crippen MR) is 72.2 cm³/mol. The van der Waals surface area contributed by atoms with Crippen molar-refractivity contribution in [2.45, 2.75) is 38.5 Å². The van der Waals surface area contributed by atoms with E-state index in [1.165, 1.54) is 4.90 Å². The van der Waals surface area contributed by atoms with Gasteiger partial charge in [-0.15, -0.1) is 0 Å². The summed E-state index contributed by atoms with van der Waals surface area (Å²) in [5, 5.41) is 11.6. The Morgan fingerprint density at radius 3 is 2.67 bits per heavy atom. The maximum Gasteiger partial charge on any atom is 0.317 e. The van der Waals surface area contributed by atoms with E-state index in [1.54, 1.807) is 0 Å². The quantitative estimate of drug-likeness (QED) is 0.839. The number of carboxylic acids is 1. The smallest absolute Gasteiger partial charge is 0.317 e. The molecular formula is C14H22F2N2O3. The minimum Gasteiger partial charge on any atom is -0.481 e. The van der Waals surface area contributed by atoms with Gasteiger partial charge in [-0.1, -0.05) is 6.92 Å². The Morgan fingerprint density at radius 1 is 1.38 bits per heavy atom.